The van der Waals surface area contributed by atoms with Gasteiger partial charge in [-0.05, 0) is 18.0 Å². The minimum Gasteiger partial charge on any atom is -0.381 e. The van der Waals surface area contributed by atoms with Gasteiger partial charge in [-0.2, -0.15) is 0 Å². The van der Waals surface area contributed by atoms with Crippen LogP contribution in [0.1, 0.15) is 24.0 Å². The topological polar surface area (TPSA) is 64.5 Å². The lowest BCUT2D eigenvalue weighted by molar-refractivity contribution is -0.109. The Morgan fingerprint density at radius 1 is 1.38 bits per heavy atom. The van der Waals surface area contributed by atoms with Crippen LogP contribution in [-0.4, -0.2) is 34.9 Å². The molecule has 0 bridgehead atoms. The molecule has 1 N–H and O–H groups in total. The van der Waals surface area contributed by atoms with Crippen molar-refractivity contribution >= 4 is 11.6 Å². The molecule has 16 heavy (non-hydrogen) atoms. The second-order valence-electron chi connectivity index (χ2n) is 3.48. The highest BCUT2D eigenvalue weighted by molar-refractivity contribution is 6.28. The maximum atomic E-state index is 9.79. The molecule has 2 heterocycles. The molecule has 0 aliphatic carbocycles. The normalized spacial score (nSPS) is 22.5. The highest BCUT2D eigenvalue weighted by atomic mass is 35.5. The summed E-state index contributed by atoms with van der Waals surface area (Å²) in [6, 6.07) is 0. The van der Waals surface area contributed by atoms with Gasteiger partial charge in [-0.1, -0.05) is 0 Å². The van der Waals surface area contributed by atoms with Crippen molar-refractivity contribution in [3.05, 3.63) is 22.7 Å². The molecule has 1 aliphatic rings. The largest absolute Gasteiger partial charge is 0.381 e. The number of hydrogen-bond acceptors (Lipinski definition) is 5. The third-order valence-corrected chi connectivity index (χ3v) is 2.51. The van der Waals surface area contributed by atoms with Crippen molar-refractivity contribution in [1.82, 2.24) is 9.97 Å². The highest BCUT2D eigenvalue weighted by Gasteiger charge is 2.16. The standard InChI is InChI=1S/C10H13ClN2O3/c11-10-12-6-7-8(13-10)2-5-15-3-1-4-16-9(7)14/h6,9,14H,1-5H2. The van der Waals surface area contributed by atoms with Crippen molar-refractivity contribution in [3.63, 3.8) is 0 Å². The van der Waals surface area contributed by atoms with Gasteiger partial charge in [0.1, 0.15) is 0 Å². The smallest absolute Gasteiger partial charge is 0.222 e. The van der Waals surface area contributed by atoms with Crippen molar-refractivity contribution in [3.8, 4) is 0 Å². The lowest BCUT2D eigenvalue weighted by Crippen LogP contribution is -2.15. The van der Waals surface area contributed by atoms with E-state index in [1.165, 1.54) is 6.20 Å². The number of rotatable bonds is 0. The maximum Gasteiger partial charge on any atom is 0.222 e. The molecule has 0 amide bonds. The van der Waals surface area contributed by atoms with Gasteiger partial charge in [0.05, 0.1) is 18.9 Å². The van der Waals surface area contributed by atoms with Gasteiger partial charge in [0, 0.05) is 24.8 Å². The Kier molecular flexibility index (Phi) is 4.06. The molecule has 1 unspecified atom stereocenters. The van der Waals surface area contributed by atoms with Gasteiger partial charge >= 0.3 is 0 Å². The van der Waals surface area contributed by atoms with Crippen LogP contribution in [0.4, 0.5) is 0 Å². The number of aliphatic hydroxyl groups excluding tert-OH is 1. The Hall–Kier alpha value is -0.750. The summed E-state index contributed by atoms with van der Waals surface area (Å²) in [6.45, 7) is 1.64. The van der Waals surface area contributed by atoms with E-state index in [1.807, 2.05) is 0 Å². The summed E-state index contributed by atoms with van der Waals surface area (Å²) in [6.07, 6.45) is 1.88. The molecule has 5 nitrogen and oxygen atoms in total. The van der Waals surface area contributed by atoms with E-state index in [4.69, 9.17) is 21.1 Å². The van der Waals surface area contributed by atoms with Crippen LogP contribution in [-0.2, 0) is 15.9 Å². The van der Waals surface area contributed by atoms with Crippen LogP contribution in [0.25, 0.3) is 0 Å². The average molecular weight is 245 g/mol. The summed E-state index contributed by atoms with van der Waals surface area (Å²) in [5.74, 6) is 0. The minimum atomic E-state index is -0.981. The van der Waals surface area contributed by atoms with Crippen LogP contribution in [0.15, 0.2) is 6.20 Å². The number of aromatic nitrogens is 2. The Morgan fingerprint density at radius 2 is 2.25 bits per heavy atom. The zero-order valence-corrected chi connectivity index (χ0v) is 9.48. The molecular weight excluding hydrogens is 232 g/mol. The number of halogens is 1. The van der Waals surface area contributed by atoms with E-state index >= 15 is 0 Å². The fourth-order valence-electron chi connectivity index (χ4n) is 1.53. The van der Waals surface area contributed by atoms with Gasteiger partial charge in [0.2, 0.25) is 5.28 Å². The monoisotopic (exact) mass is 244 g/mol. The number of ether oxygens (including phenoxy) is 2. The quantitative estimate of drug-likeness (QED) is 0.693. The molecule has 2 rings (SSSR count). The lowest BCUT2D eigenvalue weighted by Gasteiger charge is -2.17. The first-order chi connectivity index (χ1) is 7.77. The van der Waals surface area contributed by atoms with E-state index in [0.717, 1.165) is 6.42 Å². The van der Waals surface area contributed by atoms with E-state index in [9.17, 15) is 5.11 Å². The third-order valence-electron chi connectivity index (χ3n) is 2.33. The van der Waals surface area contributed by atoms with E-state index < -0.39 is 6.29 Å². The summed E-state index contributed by atoms with van der Waals surface area (Å²) < 4.78 is 10.6. The van der Waals surface area contributed by atoms with Crippen LogP contribution in [0, 0.1) is 0 Å². The second-order valence-corrected chi connectivity index (χ2v) is 3.82. The molecule has 1 aromatic heterocycles. The van der Waals surface area contributed by atoms with Crippen LogP contribution in [0.3, 0.4) is 0 Å². The first-order valence-electron chi connectivity index (χ1n) is 5.16. The lowest BCUT2D eigenvalue weighted by atomic mass is 10.2. The highest BCUT2D eigenvalue weighted by Crippen LogP contribution is 2.20. The molecule has 0 aromatic carbocycles. The first-order valence-corrected chi connectivity index (χ1v) is 5.54. The van der Waals surface area contributed by atoms with Crippen LogP contribution < -0.4 is 0 Å². The molecule has 1 aliphatic heterocycles. The van der Waals surface area contributed by atoms with Gasteiger partial charge in [0.15, 0.2) is 6.29 Å². The second kappa shape index (κ2) is 5.54. The number of nitrogens with zero attached hydrogens (tertiary/aromatic N) is 2. The summed E-state index contributed by atoms with van der Waals surface area (Å²) in [4.78, 5) is 7.92. The fraction of sp³-hybridized carbons (Fsp3) is 0.600. The number of fused-ring (bicyclic) bond motifs is 1. The van der Waals surface area contributed by atoms with E-state index in [1.54, 1.807) is 0 Å². The summed E-state index contributed by atoms with van der Waals surface area (Å²) in [5.41, 5.74) is 1.24. The van der Waals surface area contributed by atoms with E-state index in [-0.39, 0.29) is 5.28 Å². The van der Waals surface area contributed by atoms with Gasteiger partial charge in [-0.3, -0.25) is 0 Å². The van der Waals surface area contributed by atoms with Gasteiger partial charge in [0.25, 0.3) is 0 Å². The third kappa shape index (κ3) is 2.89. The van der Waals surface area contributed by atoms with E-state index in [2.05, 4.69) is 9.97 Å². The SMILES string of the molecule is OC1OCCCOCCc2nc(Cl)ncc21. The van der Waals surface area contributed by atoms with Crippen LogP contribution in [0.5, 0.6) is 0 Å². The summed E-state index contributed by atoms with van der Waals surface area (Å²) >= 11 is 5.71. The molecular formula is C10H13ClN2O3. The van der Waals surface area contributed by atoms with Gasteiger partial charge < -0.3 is 14.6 Å². The molecule has 6 heteroatoms. The predicted octanol–water partition coefficient (Wildman–Crippen LogP) is 1.10. The van der Waals surface area contributed by atoms with Gasteiger partial charge in [-0.15, -0.1) is 0 Å². The molecule has 88 valence electrons. The molecule has 0 spiro atoms. The maximum absolute atomic E-state index is 9.79. The predicted molar refractivity (Wildman–Crippen MR) is 57.1 cm³/mol. The van der Waals surface area contributed by atoms with Gasteiger partial charge in [-0.25, -0.2) is 9.97 Å². The van der Waals surface area contributed by atoms with Crippen molar-refractivity contribution in [2.45, 2.75) is 19.1 Å². The first kappa shape index (κ1) is 11.7. The Balaban J connectivity index is 2.24. The molecule has 1 atom stereocenters. The number of aliphatic hydroxyl groups is 1. The summed E-state index contributed by atoms with van der Waals surface area (Å²) in [7, 11) is 0. The van der Waals surface area contributed by atoms with Crippen molar-refractivity contribution in [1.29, 1.82) is 0 Å². The molecule has 0 saturated carbocycles. The fourth-order valence-corrected chi connectivity index (χ4v) is 1.68. The number of hydrogen-bond donors (Lipinski definition) is 1. The van der Waals surface area contributed by atoms with Crippen molar-refractivity contribution in [2.24, 2.45) is 0 Å². The van der Waals surface area contributed by atoms with Crippen molar-refractivity contribution < 1.29 is 14.6 Å². The molecule has 0 radical (unpaired) electrons. The average Bonchev–Trinajstić information content (AvgIpc) is 2.27. The zero-order valence-electron chi connectivity index (χ0n) is 8.73. The van der Waals surface area contributed by atoms with Crippen LogP contribution in [0.2, 0.25) is 5.28 Å². The summed E-state index contributed by atoms with van der Waals surface area (Å²) in [5, 5.41) is 9.96. The van der Waals surface area contributed by atoms with Crippen LogP contribution >= 0.6 is 11.6 Å². The Bertz CT molecular complexity index is 362. The Labute approximate surface area is 98.4 Å². The Morgan fingerprint density at radius 3 is 3.12 bits per heavy atom. The zero-order chi connectivity index (χ0) is 11.4. The molecule has 1 aromatic rings. The minimum absolute atomic E-state index is 0.169. The molecule has 0 fully saturated rings. The van der Waals surface area contributed by atoms with Crippen molar-refractivity contribution in [2.75, 3.05) is 19.8 Å². The van der Waals surface area contributed by atoms with E-state index in [0.29, 0.717) is 37.5 Å². The molecule has 0 saturated heterocycles.